The zero-order valence-electron chi connectivity index (χ0n) is 40.9. The maximum Gasteiger partial charge on any atom is 0.324 e. The van der Waals surface area contributed by atoms with Crippen LogP contribution in [0.15, 0.2) is 41.9 Å². The van der Waals surface area contributed by atoms with Crippen molar-refractivity contribution in [2.24, 2.45) is 11.3 Å². The number of carbonyl (C=O) groups is 4. The molecule has 4 atom stereocenters. The summed E-state index contributed by atoms with van der Waals surface area (Å²) in [5.41, 5.74) is 9.09. The number of likely N-dealkylation sites (tertiary alicyclic amines) is 1. The minimum Gasteiger partial charge on any atom is -0.464 e. The highest BCUT2D eigenvalue weighted by atomic mass is 32.1. The molecule has 4 aliphatic rings. The van der Waals surface area contributed by atoms with E-state index in [0.29, 0.717) is 51.7 Å². The fraction of sp³-hybridized carbons (Fsp3) is 0.569. The van der Waals surface area contributed by atoms with Gasteiger partial charge in [0.25, 0.3) is 5.91 Å². The predicted molar refractivity (Wildman–Crippen MR) is 259 cm³/mol. The second-order valence-corrected chi connectivity index (χ2v) is 21.1. The number of aryl methyl sites for hydroxylation is 1. The lowest BCUT2D eigenvalue weighted by Crippen LogP contribution is -2.64. The predicted octanol–water partition coefficient (Wildman–Crippen LogP) is 5.22. The number of esters is 1. The number of nitrogens with one attached hydrogen (secondary N) is 1. The van der Waals surface area contributed by atoms with Crippen molar-refractivity contribution in [3.05, 3.63) is 58.2 Å². The van der Waals surface area contributed by atoms with Gasteiger partial charge < -0.3 is 33.7 Å². The molecule has 1 aromatic carbocycles. The van der Waals surface area contributed by atoms with E-state index in [1.54, 1.807) is 23.2 Å². The number of hydrogen-bond acceptors (Lipinski definition) is 13. The summed E-state index contributed by atoms with van der Waals surface area (Å²) in [5.74, 6) is 2.45. The van der Waals surface area contributed by atoms with Gasteiger partial charge in [-0.05, 0) is 103 Å². The van der Waals surface area contributed by atoms with Crippen molar-refractivity contribution in [3.8, 4) is 34.4 Å². The monoisotopic (exact) mass is 950 g/mol. The molecule has 0 aliphatic carbocycles. The van der Waals surface area contributed by atoms with E-state index >= 15 is 0 Å². The van der Waals surface area contributed by atoms with E-state index in [2.05, 4.69) is 66.9 Å². The van der Waals surface area contributed by atoms with Gasteiger partial charge in [-0.3, -0.25) is 34.1 Å². The largest absolute Gasteiger partial charge is 0.464 e. The second-order valence-electron chi connectivity index (χ2n) is 20.2. The van der Waals surface area contributed by atoms with Gasteiger partial charge in [-0.15, -0.1) is 11.3 Å². The first-order chi connectivity index (χ1) is 32.3. The molecule has 6 bridgehead atoms. The molecule has 2 unspecified atom stereocenters. The van der Waals surface area contributed by atoms with Crippen molar-refractivity contribution in [3.63, 3.8) is 0 Å². The first-order valence-electron chi connectivity index (χ1n) is 23.8. The van der Waals surface area contributed by atoms with Crippen LogP contribution in [-0.4, -0.2) is 147 Å². The average molecular weight is 951 g/mol. The minimum atomic E-state index is -1.49. The number of thiazole rings is 1. The molecule has 3 saturated heterocycles. The number of nitrogens with zero attached hydrogens (tertiary/aromatic N) is 7. The van der Waals surface area contributed by atoms with Crippen LogP contribution >= 0.6 is 11.3 Å². The normalized spacial score (nSPS) is 22.0. The molecule has 2 N–H and O–H groups in total. The highest BCUT2D eigenvalue weighted by Crippen LogP contribution is 2.42. The SMILES string of the molecule is CCn1c(-c2cccnc2[C@H](C)OC)c2c3cc(ccc31)-c1csc(n1)CC(C1CN1C(=O)CCCOC1(O)CN(C(=O)C#CC(C)(C)N(C)C)C1)C(=O)N1CCC[C@H](N1)C(=O)OCC(C)(C)C2. The van der Waals surface area contributed by atoms with Gasteiger partial charge in [0.05, 0.1) is 72.0 Å². The third kappa shape index (κ3) is 10.4. The van der Waals surface area contributed by atoms with Crippen LogP contribution in [0.4, 0.5) is 0 Å². The number of ether oxygens (including phenoxy) is 3. The molecule has 68 heavy (non-hydrogen) atoms. The maximum absolute atomic E-state index is 14.6. The van der Waals surface area contributed by atoms with Crippen LogP contribution in [0.2, 0.25) is 0 Å². The molecule has 7 heterocycles. The second kappa shape index (κ2) is 19.6. The number of amides is 3. The Morgan fingerprint density at radius 1 is 1.18 bits per heavy atom. The lowest BCUT2D eigenvalue weighted by molar-refractivity contribution is -0.267. The van der Waals surface area contributed by atoms with Crippen molar-refractivity contribution in [2.75, 3.05) is 60.6 Å². The summed E-state index contributed by atoms with van der Waals surface area (Å²) in [6.45, 7) is 14.0. The zero-order valence-corrected chi connectivity index (χ0v) is 41.7. The number of pyridine rings is 1. The molecule has 16 nitrogen and oxygen atoms in total. The highest BCUT2D eigenvalue weighted by molar-refractivity contribution is 7.10. The third-order valence-electron chi connectivity index (χ3n) is 14.0. The van der Waals surface area contributed by atoms with Crippen LogP contribution in [-0.2, 0) is 52.8 Å². The number of aliphatic hydroxyl groups is 1. The Bertz CT molecular complexity index is 2620. The molecule has 8 rings (SSSR count). The number of β-amino-alcohol motifs (C(OH)–C–C–N with tert-alkyl or cyclic N) is 1. The highest BCUT2D eigenvalue weighted by Gasteiger charge is 2.49. The summed E-state index contributed by atoms with van der Waals surface area (Å²) >= 11 is 1.50. The van der Waals surface area contributed by atoms with Crippen molar-refractivity contribution in [2.45, 2.75) is 116 Å². The molecule has 0 radical (unpaired) electrons. The molecule has 3 amide bonds. The number of benzene rings is 1. The van der Waals surface area contributed by atoms with Crippen molar-refractivity contribution < 1.29 is 38.5 Å². The van der Waals surface area contributed by atoms with Gasteiger partial charge in [0.2, 0.25) is 17.6 Å². The number of cyclic esters (lactones) is 1. The Kier molecular flexibility index (Phi) is 14.2. The summed E-state index contributed by atoms with van der Waals surface area (Å²) in [7, 11) is 5.47. The number of aromatic nitrogens is 3. The summed E-state index contributed by atoms with van der Waals surface area (Å²) in [4.78, 5) is 69.7. The van der Waals surface area contributed by atoms with E-state index in [-0.39, 0.29) is 62.6 Å². The molecule has 3 aromatic heterocycles. The Balaban J connectivity index is 1.02. The van der Waals surface area contributed by atoms with Crippen LogP contribution < -0.4 is 5.43 Å². The molecule has 0 spiro atoms. The Labute approximate surface area is 403 Å². The van der Waals surface area contributed by atoms with E-state index in [1.807, 2.05) is 51.2 Å². The fourth-order valence-corrected chi connectivity index (χ4v) is 10.2. The number of methoxy groups -OCH3 is 1. The fourth-order valence-electron chi connectivity index (χ4n) is 9.37. The number of fused-ring (bicyclic) bond motifs is 6. The van der Waals surface area contributed by atoms with Crippen LogP contribution in [0, 0.1) is 23.2 Å². The molecular weight excluding hydrogens is 885 g/mol. The van der Waals surface area contributed by atoms with Crippen LogP contribution in [0.25, 0.3) is 33.4 Å². The molecule has 0 saturated carbocycles. The molecule has 3 fully saturated rings. The molecule has 364 valence electrons. The van der Waals surface area contributed by atoms with Crippen LogP contribution in [0.1, 0.15) is 89.6 Å². The lowest BCUT2D eigenvalue weighted by Gasteiger charge is -2.44. The van der Waals surface area contributed by atoms with Crippen molar-refractivity contribution in [1.29, 1.82) is 0 Å². The Morgan fingerprint density at radius 3 is 2.69 bits per heavy atom. The van der Waals surface area contributed by atoms with E-state index in [9.17, 15) is 24.3 Å². The smallest absolute Gasteiger partial charge is 0.324 e. The minimum absolute atomic E-state index is 0.000983. The first-order valence-corrected chi connectivity index (χ1v) is 24.7. The van der Waals surface area contributed by atoms with Gasteiger partial charge in [0.15, 0.2) is 0 Å². The topological polar surface area (TPSA) is 172 Å². The van der Waals surface area contributed by atoms with Crippen LogP contribution in [0.5, 0.6) is 0 Å². The van der Waals surface area contributed by atoms with E-state index < -0.39 is 34.7 Å². The van der Waals surface area contributed by atoms with Gasteiger partial charge in [-0.1, -0.05) is 25.8 Å². The summed E-state index contributed by atoms with van der Waals surface area (Å²) in [6, 6.07) is 9.45. The van der Waals surface area contributed by atoms with Crippen LogP contribution in [0.3, 0.4) is 0 Å². The summed E-state index contributed by atoms with van der Waals surface area (Å²) in [6.07, 6.45) is 4.10. The number of carbonyl (C=O) groups excluding carboxylic acids is 4. The lowest BCUT2D eigenvalue weighted by atomic mass is 9.84. The molecule has 17 heteroatoms. The number of hydrogen-bond donors (Lipinski definition) is 2. The zero-order chi connectivity index (χ0) is 48.7. The molecule has 4 aromatic rings. The number of rotatable bonds is 11. The van der Waals surface area contributed by atoms with E-state index in [4.69, 9.17) is 24.2 Å². The van der Waals surface area contributed by atoms with Gasteiger partial charge in [0.1, 0.15) is 6.04 Å². The van der Waals surface area contributed by atoms with E-state index in [0.717, 1.165) is 49.7 Å². The third-order valence-corrected chi connectivity index (χ3v) is 14.8. The van der Waals surface area contributed by atoms with Crippen molar-refractivity contribution in [1.82, 2.24) is 39.7 Å². The Morgan fingerprint density at radius 2 is 1.96 bits per heavy atom. The summed E-state index contributed by atoms with van der Waals surface area (Å²) in [5, 5.41) is 16.3. The number of hydrazine groups is 1. The summed E-state index contributed by atoms with van der Waals surface area (Å²) < 4.78 is 20.0. The van der Waals surface area contributed by atoms with E-state index in [1.165, 1.54) is 16.2 Å². The Hall–Kier alpha value is -5.22. The molecular formula is C51H66N8O8S. The van der Waals surface area contributed by atoms with Gasteiger partial charge in [0, 0.05) is 78.6 Å². The quantitative estimate of drug-likeness (QED) is 0.0662. The van der Waals surface area contributed by atoms with Crippen molar-refractivity contribution >= 4 is 45.9 Å². The average Bonchev–Trinajstić information content (AvgIpc) is 3.87. The van der Waals surface area contributed by atoms with Gasteiger partial charge in [-0.2, -0.15) is 0 Å². The molecule has 4 aliphatic heterocycles. The standard InChI is InChI=1S/C51H66N8O8S/c1-10-57-40-18-17-33-24-35(40)37(46(57)34-14-11-21-52-45(34)32(2)65-9)26-49(3,4)31-66-48(63)38-15-12-22-59(54-38)47(62)36(25-42-53-39(33)28-68-42)41-27-58(41)44(61)16-13-23-67-51(64)29-56(30-51)43(60)19-20-50(5,6)55(7)8/h11,14,17-18,21,24,28,32,36,38,41,54,64H,10,12-13,15-16,22-23,25-27,29-31H2,1-9H3/t32-,36?,38-,41?,58?/m0/s1. The first kappa shape index (κ1) is 49.2. The maximum atomic E-state index is 14.6. The van der Waals surface area contributed by atoms with Gasteiger partial charge in [-0.25, -0.2) is 10.4 Å². The van der Waals surface area contributed by atoms with Gasteiger partial charge >= 0.3 is 5.97 Å².